The molecule has 1 aromatic heterocycles. The number of nitrogens with one attached hydrogen (secondary N) is 1. The molecule has 2 aliphatic heterocycles. The van der Waals surface area contributed by atoms with Gasteiger partial charge in [-0.25, -0.2) is 18.2 Å². The minimum Gasteiger partial charge on any atom is -0.457 e. The molecule has 0 saturated carbocycles. The van der Waals surface area contributed by atoms with Crippen LogP contribution in [0.25, 0.3) is 11.3 Å². The number of hydrogen-bond acceptors (Lipinski definition) is 8. The van der Waals surface area contributed by atoms with Crippen molar-refractivity contribution < 1.29 is 41.8 Å². The summed E-state index contributed by atoms with van der Waals surface area (Å²) in [5.74, 6) is -7.64. The van der Waals surface area contributed by atoms with Crippen LogP contribution in [0.2, 0.25) is 10.0 Å². The van der Waals surface area contributed by atoms with Crippen molar-refractivity contribution in [3.8, 4) is 22.8 Å². The molecule has 2 bridgehead atoms. The molecular weight excluding hydrogens is 886 g/mol. The molecule has 13 nitrogen and oxygen atoms in total. The van der Waals surface area contributed by atoms with E-state index in [1.54, 1.807) is 37.5 Å². The van der Waals surface area contributed by atoms with Gasteiger partial charge >= 0.3 is 0 Å². The van der Waals surface area contributed by atoms with Gasteiger partial charge in [0.1, 0.15) is 35.2 Å². The van der Waals surface area contributed by atoms with Gasteiger partial charge in [-0.3, -0.25) is 19.2 Å². The molecule has 2 saturated heterocycles. The molecule has 2 fully saturated rings. The summed E-state index contributed by atoms with van der Waals surface area (Å²) in [6.07, 6.45) is 1.18. The number of fused-ring (bicyclic) bond motifs is 2. The Hall–Kier alpha value is -5.16. The standard InChI is InChI=1S/C47H56Cl2F3N7O6/c1-29-43(61)54-38(27-64-7)45(63)57(6)47(22-30-9-13-33(48)14-10-30)17-8-18-58(28-47)44(62)32(23-46(2,51)52)19-42(60)59(29)25-36-37(50)20-34(49)21-40(36)65-35-15-11-31(12-16-35)39-24-53-41(56(39)5)26-55(3)4/h9-16,20-21,24,29,32,38H,8,17-19,22-23,25-28H2,1-7H3,(H,54,61)/t29-,32-,38-,47+/m0/s1. The van der Waals surface area contributed by atoms with Crippen LogP contribution in [0.1, 0.15) is 56.5 Å². The number of piperidine rings is 1. The average molecular weight is 943 g/mol. The Bertz CT molecular complexity index is 2360. The number of hydrogen-bond donors (Lipinski definition) is 1. The number of amides is 4. The number of methoxy groups -OCH3 is 1. The van der Waals surface area contributed by atoms with Gasteiger partial charge in [0, 0.05) is 68.3 Å². The second kappa shape index (κ2) is 20.6. The lowest BCUT2D eigenvalue weighted by molar-refractivity contribution is -0.154. The molecule has 2 aliphatic rings. The fourth-order valence-electron chi connectivity index (χ4n) is 8.73. The molecule has 3 aromatic carbocycles. The summed E-state index contributed by atoms with van der Waals surface area (Å²) in [6.45, 7) is 1.98. The van der Waals surface area contributed by atoms with Gasteiger partial charge in [0.25, 0.3) is 0 Å². The van der Waals surface area contributed by atoms with E-state index in [-0.39, 0.29) is 42.5 Å². The SMILES string of the molecule is COC[C@@H]1NC(=O)[C@H](C)N(Cc2c(F)cc(Cl)cc2Oc2ccc(-c3cnc(CN(C)C)n3C)cc2)C(=O)C[C@@H](CC(C)(F)F)C(=O)N2CCC[C@@](Cc3ccc(Cl)cc3)(C2)N(C)C1=O. The summed E-state index contributed by atoms with van der Waals surface area (Å²) in [5, 5.41) is 3.23. The predicted molar refractivity (Wildman–Crippen MR) is 241 cm³/mol. The van der Waals surface area contributed by atoms with Gasteiger partial charge in [-0.1, -0.05) is 35.3 Å². The van der Waals surface area contributed by atoms with Crippen molar-refractivity contribution in [2.45, 2.75) is 82.6 Å². The van der Waals surface area contributed by atoms with E-state index in [4.69, 9.17) is 32.7 Å². The van der Waals surface area contributed by atoms with Gasteiger partial charge in [0.15, 0.2) is 0 Å². The van der Waals surface area contributed by atoms with E-state index in [9.17, 15) is 19.2 Å². The summed E-state index contributed by atoms with van der Waals surface area (Å²) < 4.78 is 59.9. The predicted octanol–water partition coefficient (Wildman–Crippen LogP) is 7.36. The third-order valence-electron chi connectivity index (χ3n) is 12.2. The van der Waals surface area contributed by atoms with E-state index in [1.807, 2.05) is 54.9 Å². The van der Waals surface area contributed by atoms with E-state index in [1.165, 1.54) is 29.9 Å². The van der Waals surface area contributed by atoms with Gasteiger partial charge in [0.2, 0.25) is 29.6 Å². The van der Waals surface area contributed by atoms with Crippen LogP contribution < -0.4 is 10.1 Å². The number of nitrogens with zero attached hydrogens (tertiary/aromatic N) is 6. The third-order valence-corrected chi connectivity index (χ3v) is 12.7. The summed E-state index contributed by atoms with van der Waals surface area (Å²) in [6, 6.07) is 13.7. The highest BCUT2D eigenvalue weighted by Gasteiger charge is 2.47. The lowest BCUT2D eigenvalue weighted by atomic mass is 9.80. The number of halogens is 5. The average Bonchev–Trinajstić information content (AvgIpc) is 3.60. The number of aromatic nitrogens is 2. The van der Waals surface area contributed by atoms with Gasteiger partial charge in [0.05, 0.1) is 43.0 Å². The van der Waals surface area contributed by atoms with E-state index in [2.05, 4.69) is 10.3 Å². The number of alkyl halides is 2. The number of likely N-dealkylation sites (N-methyl/N-ethyl adjacent to an activating group) is 1. The number of ether oxygens (including phenoxy) is 2. The van der Waals surface area contributed by atoms with Crippen LogP contribution in [0.4, 0.5) is 13.2 Å². The molecule has 1 N–H and O–H groups in total. The summed E-state index contributed by atoms with van der Waals surface area (Å²) in [5.41, 5.74) is 1.27. The fraction of sp³-hybridized carbons (Fsp3) is 0.468. The largest absolute Gasteiger partial charge is 0.457 e. The molecule has 18 heteroatoms. The van der Waals surface area contributed by atoms with Crippen molar-refractivity contribution in [3.05, 3.63) is 99.7 Å². The lowest BCUT2D eigenvalue weighted by Gasteiger charge is -2.50. The summed E-state index contributed by atoms with van der Waals surface area (Å²) in [7, 11) is 8.78. The van der Waals surface area contributed by atoms with Gasteiger partial charge in [-0.15, -0.1) is 0 Å². The first-order valence-electron chi connectivity index (χ1n) is 21.4. The van der Waals surface area contributed by atoms with Gasteiger partial charge in [-0.2, -0.15) is 0 Å². The number of carbonyl (C=O) groups excluding carboxylic acids is 4. The molecule has 0 aliphatic carbocycles. The van der Waals surface area contributed by atoms with E-state index in [0.717, 1.165) is 33.6 Å². The van der Waals surface area contributed by atoms with Crippen LogP contribution in [0.3, 0.4) is 0 Å². The first-order valence-corrected chi connectivity index (χ1v) is 22.1. The molecule has 4 aromatic rings. The third kappa shape index (κ3) is 11.8. The van der Waals surface area contributed by atoms with Crippen LogP contribution >= 0.6 is 23.2 Å². The highest BCUT2D eigenvalue weighted by atomic mass is 35.5. The van der Waals surface area contributed by atoms with E-state index >= 15 is 13.2 Å². The van der Waals surface area contributed by atoms with E-state index in [0.29, 0.717) is 37.1 Å². The molecule has 4 atom stereocenters. The second-order valence-corrected chi connectivity index (χ2v) is 18.4. The molecule has 3 heterocycles. The van der Waals surface area contributed by atoms with Crippen LogP contribution in [0.15, 0.2) is 66.9 Å². The Morgan fingerprint density at radius 1 is 0.985 bits per heavy atom. The zero-order valence-corrected chi connectivity index (χ0v) is 39.2. The van der Waals surface area contributed by atoms with Gasteiger partial charge in [-0.05, 0) is 101 Å². The topological polar surface area (TPSA) is 130 Å². The molecule has 65 heavy (non-hydrogen) atoms. The number of imidazole rings is 1. The first-order chi connectivity index (χ1) is 30.7. The smallest absolute Gasteiger partial charge is 0.247 e. The Morgan fingerprint density at radius 2 is 1.68 bits per heavy atom. The first kappa shape index (κ1) is 49.3. The lowest BCUT2D eigenvalue weighted by Crippen LogP contribution is -2.65. The quantitative estimate of drug-likeness (QED) is 0.147. The molecule has 4 amide bonds. The minimum absolute atomic E-state index is 0.0196. The second-order valence-electron chi connectivity index (χ2n) is 17.5. The van der Waals surface area contributed by atoms with Crippen molar-refractivity contribution in [1.82, 2.24) is 34.5 Å². The Balaban J connectivity index is 1.37. The molecule has 0 spiro atoms. The van der Waals surface area contributed by atoms with Crippen molar-refractivity contribution >= 4 is 46.8 Å². The molecule has 350 valence electrons. The number of carbonyl (C=O) groups is 4. The zero-order chi connectivity index (χ0) is 47.4. The normalized spacial score (nSPS) is 21.5. The zero-order valence-electron chi connectivity index (χ0n) is 37.7. The maximum absolute atomic E-state index is 16.2. The maximum Gasteiger partial charge on any atom is 0.247 e. The van der Waals surface area contributed by atoms with Crippen molar-refractivity contribution in [1.29, 1.82) is 0 Å². The highest BCUT2D eigenvalue weighted by molar-refractivity contribution is 6.31. The maximum atomic E-state index is 16.2. The highest BCUT2D eigenvalue weighted by Crippen LogP contribution is 2.37. The number of rotatable bonds is 13. The summed E-state index contributed by atoms with van der Waals surface area (Å²) in [4.78, 5) is 68.6. The van der Waals surface area contributed by atoms with Crippen LogP contribution in [-0.4, -0.2) is 124 Å². The Kier molecular flexibility index (Phi) is 15.6. The Morgan fingerprint density at radius 3 is 2.32 bits per heavy atom. The van der Waals surface area contributed by atoms with Crippen LogP contribution in [-0.2, 0) is 50.5 Å². The van der Waals surface area contributed by atoms with Crippen LogP contribution in [0, 0.1) is 11.7 Å². The minimum atomic E-state index is -3.37. The Labute approximate surface area is 387 Å². The molecule has 6 rings (SSSR count). The van der Waals surface area contributed by atoms with E-state index < -0.39 is 78.3 Å². The number of benzene rings is 3. The monoisotopic (exact) mass is 941 g/mol. The molecular formula is C47H56Cl2F3N7O6. The molecule has 0 unspecified atom stereocenters. The van der Waals surface area contributed by atoms with Crippen molar-refractivity contribution in [2.75, 3.05) is 47.9 Å². The van der Waals surface area contributed by atoms with Crippen molar-refractivity contribution in [2.24, 2.45) is 13.0 Å². The molecule has 0 radical (unpaired) electrons. The van der Waals surface area contributed by atoms with Crippen LogP contribution in [0.5, 0.6) is 11.5 Å². The summed E-state index contributed by atoms with van der Waals surface area (Å²) >= 11 is 12.5. The fourth-order valence-corrected chi connectivity index (χ4v) is 9.05. The van der Waals surface area contributed by atoms with Crippen molar-refractivity contribution in [3.63, 3.8) is 0 Å². The van der Waals surface area contributed by atoms with Gasteiger partial charge < -0.3 is 39.0 Å².